The summed E-state index contributed by atoms with van der Waals surface area (Å²) in [7, 11) is 0. The summed E-state index contributed by atoms with van der Waals surface area (Å²) in [6, 6.07) is 15.1. The number of ether oxygens (including phenoxy) is 3. The highest BCUT2D eigenvalue weighted by atomic mass is 35.5. The van der Waals surface area contributed by atoms with Crippen LogP contribution in [0.3, 0.4) is 0 Å². The summed E-state index contributed by atoms with van der Waals surface area (Å²) in [6.45, 7) is 5.27. The molecule has 2 aromatic rings. The van der Waals surface area contributed by atoms with Crippen LogP contribution in [0.5, 0.6) is 5.75 Å². The van der Waals surface area contributed by atoms with Crippen molar-refractivity contribution in [2.24, 2.45) is 0 Å². The number of hydrogen-bond acceptors (Lipinski definition) is 5. The summed E-state index contributed by atoms with van der Waals surface area (Å²) in [5, 5.41) is 1.37. The average molecular weight is 479 g/mol. The molecule has 0 aromatic heterocycles. The second kappa shape index (κ2) is 10.9. The fraction of sp³-hybridized carbons (Fsp3) is 0.458. The lowest BCUT2D eigenvalue weighted by Gasteiger charge is -2.43. The Labute approximate surface area is 198 Å². The molecule has 0 spiro atoms. The zero-order valence-electron chi connectivity index (χ0n) is 18.0. The van der Waals surface area contributed by atoms with Crippen molar-refractivity contribution in [3.8, 4) is 5.75 Å². The maximum Gasteiger partial charge on any atom is 0.225 e. The Hall–Kier alpha value is -1.83. The third-order valence-corrected chi connectivity index (χ3v) is 6.26. The fourth-order valence-electron chi connectivity index (χ4n) is 4.14. The molecule has 6 nitrogen and oxygen atoms in total. The van der Waals surface area contributed by atoms with E-state index in [0.717, 1.165) is 23.7 Å². The van der Waals surface area contributed by atoms with Crippen LogP contribution in [0.15, 0.2) is 48.5 Å². The Morgan fingerprint density at radius 2 is 1.78 bits per heavy atom. The van der Waals surface area contributed by atoms with Crippen LogP contribution in [-0.4, -0.2) is 73.9 Å². The second-order valence-electron chi connectivity index (χ2n) is 8.28. The van der Waals surface area contributed by atoms with Gasteiger partial charge in [0.2, 0.25) is 5.91 Å². The molecule has 0 radical (unpaired) electrons. The highest BCUT2D eigenvalue weighted by Gasteiger charge is 2.41. The third-order valence-electron chi connectivity index (χ3n) is 5.78. The average Bonchev–Trinajstić information content (AvgIpc) is 2.80. The Bertz CT molecular complexity index is 905. The Morgan fingerprint density at radius 3 is 2.53 bits per heavy atom. The van der Waals surface area contributed by atoms with Gasteiger partial charge in [-0.05, 0) is 42.0 Å². The largest absolute Gasteiger partial charge is 0.491 e. The van der Waals surface area contributed by atoms with E-state index < -0.39 is 5.60 Å². The van der Waals surface area contributed by atoms with Crippen molar-refractivity contribution in [3.63, 3.8) is 0 Å². The maximum absolute atomic E-state index is 13.1. The van der Waals surface area contributed by atoms with Crippen molar-refractivity contribution in [1.82, 2.24) is 9.80 Å². The van der Waals surface area contributed by atoms with Crippen molar-refractivity contribution in [2.45, 2.75) is 18.6 Å². The van der Waals surface area contributed by atoms with Gasteiger partial charge in [0.05, 0.1) is 26.2 Å². The van der Waals surface area contributed by atoms with Crippen molar-refractivity contribution in [2.75, 3.05) is 52.6 Å². The molecule has 0 bridgehead atoms. The number of carbonyl (C=O) groups excluding carboxylic acids is 1. The third kappa shape index (κ3) is 6.36. The van der Waals surface area contributed by atoms with Crippen molar-refractivity contribution in [3.05, 3.63) is 64.1 Å². The predicted molar refractivity (Wildman–Crippen MR) is 124 cm³/mol. The highest BCUT2D eigenvalue weighted by molar-refractivity contribution is 6.30. The minimum absolute atomic E-state index is 0.0672. The molecule has 4 rings (SSSR count). The van der Waals surface area contributed by atoms with Gasteiger partial charge in [0.1, 0.15) is 18.0 Å². The van der Waals surface area contributed by atoms with E-state index >= 15 is 0 Å². The van der Waals surface area contributed by atoms with Crippen LogP contribution in [0.4, 0.5) is 0 Å². The molecule has 172 valence electrons. The van der Waals surface area contributed by atoms with Gasteiger partial charge in [-0.2, -0.15) is 0 Å². The van der Waals surface area contributed by atoms with Crippen molar-refractivity contribution < 1.29 is 19.0 Å². The summed E-state index contributed by atoms with van der Waals surface area (Å²) in [4.78, 5) is 17.3. The minimum Gasteiger partial charge on any atom is -0.491 e. The number of carbonyl (C=O) groups is 1. The van der Waals surface area contributed by atoms with E-state index in [1.807, 2.05) is 35.2 Å². The predicted octanol–water partition coefficient (Wildman–Crippen LogP) is 3.89. The van der Waals surface area contributed by atoms with Crippen molar-refractivity contribution in [1.29, 1.82) is 0 Å². The molecule has 1 amide bonds. The SMILES string of the molecule is O=C(C[C@]1(COc2ccc(Cl)cc2)CN(Cc2cccc(Cl)c2)CCO1)N1CCOCC1. The maximum atomic E-state index is 13.1. The standard InChI is InChI=1S/C24H28Cl2N2O4/c25-20-4-6-22(7-5-20)31-18-24(15-23(29)28-9-11-30-12-10-28)17-27(8-13-32-24)16-19-2-1-3-21(26)14-19/h1-7,14H,8-13,15-18H2/t24-/m1/s1. The van der Waals surface area contributed by atoms with E-state index in [4.69, 9.17) is 37.4 Å². The number of benzene rings is 2. The van der Waals surface area contributed by atoms with E-state index in [2.05, 4.69) is 11.0 Å². The quantitative estimate of drug-likeness (QED) is 0.603. The molecule has 2 fully saturated rings. The molecule has 8 heteroatoms. The van der Waals surface area contributed by atoms with E-state index in [9.17, 15) is 4.79 Å². The fourth-order valence-corrected chi connectivity index (χ4v) is 4.48. The van der Waals surface area contributed by atoms with Crippen LogP contribution in [0.2, 0.25) is 10.0 Å². The van der Waals surface area contributed by atoms with Gasteiger partial charge in [-0.25, -0.2) is 0 Å². The molecular formula is C24H28Cl2N2O4. The Morgan fingerprint density at radius 1 is 1.00 bits per heavy atom. The molecule has 1 atom stereocenters. The number of nitrogens with zero attached hydrogens (tertiary/aromatic N) is 2. The van der Waals surface area contributed by atoms with Crippen molar-refractivity contribution >= 4 is 29.1 Å². The smallest absolute Gasteiger partial charge is 0.225 e. The molecule has 0 unspecified atom stereocenters. The highest BCUT2D eigenvalue weighted by Crippen LogP contribution is 2.27. The van der Waals surface area contributed by atoms with Crippen LogP contribution in [0, 0.1) is 0 Å². The van der Waals surface area contributed by atoms with E-state index in [0.29, 0.717) is 50.2 Å². The van der Waals surface area contributed by atoms with Crippen LogP contribution < -0.4 is 4.74 Å². The summed E-state index contributed by atoms with van der Waals surface area (Å²) in [5.41, 5.74) is 0.387. The van der Waals surface area contributed by atoms with Gasteiger partial charge in [-0.15, -0.1) is 0 Å². The lowest BCUT2D eigenvalue weighted by atomic mass is 9.96. The molecule has 32 heavy (non-hydrogen) atoms. The molecule has 0 N–H and O–H groups in total. The van der Waals surface area contributed by atoms with Gasteiger partial charge in [-0.3, -0.25) is 9.69 Å². The first kappa shape index (κ1) is 23.3. The summed E-state index contributed by atoms with van der Waals surface area (Å²) < 4.78 is 17.7. The van der Waals surface area contributed by atoms with Gasteiger partial charge in [-0.1, -0.05) is 35.3 Å². The zero-order chi connectivity index (χ0) is 22.4. The number of halogens is 2. The number of morpholine rings is 2. The monoisotopic (exact) mass is 478 g/mol. The Kier molecular flexibility index (Phi) is 7.92. The van der Waals surface area contributed by atoms with E-state index in [1.54, 1.807) is 12.1 Å². The molecular weight excluding hydrogens is 451 g/mol. The lowest BCUT2D eigenvalue weighted by molar-refractivity contribution is -0.159. The minimum atomic E-state index is -0.744. The molecule has 2 aliphatic heterocycles. The van der Waals surface area contributed by atoms with Crippen LogP contribution >= 0.6 is 23.2 Å². The van der Waals surface area contributed by atoms with Gasteiger partial charge >= 0.3 is 0 Å². The summed E-state index contributed by atoms with van der Waals surface area (Å²) in [5.74, 6) is 0.765. The van der Waals surface area contributed by atoms with E-state index in [1.165, 1.54) is 0 Å². The first-order chi connectivity index (χ1) is 15.5. The summed E-state index contributed by atoms with van der Waals surface area (Å²) >= 11 is 12.2. The number of amides is 1. The zero-order valence-corrected chi connectivity index (χ0v) is 19.5. The van der Waals surface area contributed by atoms with Gasteiger partial charge in [0.15, 0.2) is 0 Å². The second-order valence-corrected chi connectivity index (χ2v) is 9.16. The normalized spacial score (nSPS) is 22.0. The lowest BCUT2D eigenvalue weighted by Crippen LogP contribution is -2.57. The van der Waals surface area contributed by atoms with Crippen LogP contribution in [-0.2, 0) is 20.8 Å². The summed E-state index contributed by atoms with van der Waals surface area (Å²) in [6.07, 6.45) is 0.257. The molecule has 0 saturated carbocycles. The molecule has 2 aromatic carbocycles. The molecule has 0 aliphatic carbocycles. The van der Waals surface area contributed by atoms with Gasteiger partial charge in [0.25, 0.3) is 0 Å². The molecule has 2 saturated heterocycles. The number of hydrogen-bond donors (Lipinski definition) is 0. The molecule has 2 aliphatic rings. The van der Waals surface area contributed by atoms with Crippen LogP contribution in [0.1, 0.15) is 12.0 Å². The molecule has 2 heterocycles. The van der Waals surface area contributed by atoms with Crippen LogP contribution in [0.25, 0.3) is 0 Å². The van der Waals surface area contributed by atoms with Gasteiger partial charge in [0, 0.05) is 42.8 Å². The first-order valence-electron chi connectivity index (χ1n) is 10.9. The van der Waals surface area contributed by atoms with Gasteiger partial charge < -0.3 is 19.1 Å². The first-order valence-corrected chi connectivity index (χ1v) is 11.6. The van der Waals surface area contributed by atoms with E-state index in [-0.39, 0.29) is 18.9 Å². The topological polar surface area (TPSA) is 51.2 Å². The Balaban J connectivity index is 1.48. The number of rotatable bonds is 7.